The van der Waals surface area contributed by atoms with Crippen molar-refractivity contribution in [3.05, 3.63) is 0 Å². The van der Waals surface area contributed by atoms with E-state index in [2.05, 4.69) is 20.8 Å². The second-order valence-corrected chi connectivity index (χ2v) is 5.35. The van der Waals surface area contributed by atoms with Crippen LogP contribution in [0.5, 0.6) is 0 Å². The van der Waals surface area contributed by atoms with Gasteiger partial charge in [-0.2, -0.15) is 11.8 Å². The first kappa shape index (κ1) is 14.3. The van der Waals surface area contributed by atoms with Crippen molar-refractivity contribution in [1.29, 1.82) is 0 Å². The van der Waals surface area contributed by atoms with Gasteiger partial charge in [-0.3, -0.25) is 0 Å². The molecule has 0 aromatic carbocycles. The van der Waals surface area contributed by atoms with Crippen molar-refractivity contribution < 1.29 is 9.84 Å². The normalized spacial score (nSPS) is 17.8. The first-order valence-corrected chi connectivity index (χ1v) is 6.45. The Bertz CT molecular complexity index is 130. The lowest BCUT2D eigenvalue weighted by Gasteiger charge is -2.19. The van der Waals surface area contributed by atoms with Gasteiger partial charge in [0.05, 0.1) is 6.10 Å². The Morgan fingerprint density at radius 2 is 2.00 bits per heavy atom. The molecule has 0 aromatic heterocycles. The highest BCUT2D eigenvalue weighted by Crippen LogP contribution is 2.19. The van der Waals surface area contributed by atoms with E-state index in [0.29, 0.717) is 11.2 Å². The van der Waals surface area contributed by atoms with E-state index in [4.69, 9.17) is 4.74 Å². The molecule has 0 aliphatic rings. The Balaban J connectivity index is 3.55. The molecule has 0 fully saturated rings. The summed E-state index contributed by atoms with van der Waals surface area (Å²) in [5.74, 6) is 1.19. The summed E-state index contributed by atoms with van der Waals surface area (Å²) in [6.45, 7) is 7.21. The fraction of sp³-hybridized carbons (Fsp3) is 1.00. The van der Waals surface area contributed by atoms with Gasteiger partial charge in [-0.1, -0.05) is 20.8 Å². The Kier molecular flexibility index (Phi) is 8.73. The first-order chi connectivity index (χ1) is 6.61. The standard InChI is InChI=1S/C11H24O2S/c1-5-10(3)14-8-11(12)9(2)6-7-13-4/h9-12H,5-8H2,1-4H3. The number of hydrogen-bond donors (Lipinski definition) is 1. The van der Waals surface area contributed by atoms with Crippen LogP contribution in [0.15, 0.2) is 0 Å². The average Bonchev–Trinajstić information content (AvgIpc) is 2.21. The molecule has 0 bridgehead atoms. The van der Waals surface area contributed by atoms with Gasteiger partial charge in [0.25, 0.3) is 0 Å². The van der Waals surface area contributed by atoms with Crippen molar-refractivity contribution >= 4 is 11.8 Å². The van der Waals surface area contributed by atoms with Crippen molar-refractivity contribution in [2.75, 3.05) is 19.5 Å². The fourth-order valence-electron chi connectivity index (χ4n) is 1.04. The zero-order valence-electron chi connectivity index (χ0n) is 9.82. The number of rotatable bonds is 8. The van der Waals surface area contributed by atoms with Crippen molar-refractivity contribution in [3.8, 4) is 0 Å². The van der Waals surface area contributed by atoms with Crippen LogP contribution in [0.1, 0.15) is 33.6 Å². The molecule has 0 rings (SSSR count). The predicted molar refractivity (Wildman–Crippen MR) is 63.9 cm³/mol. The summed E-state index contributed by atoms with van der Waals surface area (Å²) >= 11 is 1.86. The van der Waals surface area contributed by atoms with Crippen LogP contribution in [0.25, 0.3) is 0 Å². The Hall–Kier alpha value is 0.270. The quantitative estimate of drug-likeness (QED) is 0.681. The lowest BCUT2D eigenvalue weighted by Crippen LogP contribution is -2.22. The summed E-state index contributed by atoms with van der Waals surface area (Å²) in [7, 11) is 1.70. The fourth-order valence-corrected chi connectivity index (χ4v) is 2.13. The zero-order chi connectivity index (χ0) is 11.0. The van der Waals surface area contributed by atoms with Gasteiger partial charge in [-0.05, 0) is 18.8 Å². The van der Waals surface area contributed by atoms with Crippen molar-refractivity contribution in [3.63, 3.8) is 0 Å². The van der Waals surface area contributed by atoms with Crippen LogP contribution in [0.3, 0.4) is 0 Å². The molecule has 3 heteroatoms. The van der Waals surface area contributed by atoms with Gasteiger partial charge < -0.3 is 9.84 Å². The highest BCUT2D eigenvalue weighted by molar-refractivity contribution is 7.99. The number of aliphatic hydroxyl groups is 1. The predicted octanol–water partition coefficient (Wildman–Crippen LogP) is 2.55. The summed E-state index contributed by atoms with van der Waals surface area (Å²) in [5.41, 5.74) is 0. The smallest absolute Gasteiger partial charge is 0.0657 e. The third kappa shape index (κ3) is 6.68. The van der Waals surface area contributed by atoms with E-state index in [-0.39, 0.29) is 6.10 Å². The van der Waals surface area contributed by atoms with E-state index in [1.165, 1.54) is 6.42 Å². The van der Waals surface area contributed by atoms with Crippen LogP contribution in [0.2, 0.25) is 0 Å². The van der Waals surface area contributed by atoms with Crippen LogP contribution in [0, 0.1) is 5.92 Å². The first-order valence-electron chi connectivity index (χ1n) is 5.40. The second kappa shape index (κ2) is 8.57. The Morgan fingerprint density at radius 1 is 1.36 bits per heavy atom. The van der Waals surface area contributed by atoms with Gasteiger partial charge in [0.15, 0.2) is 0 Å². The lowest BCUT2D eigenvalue weighted by molar-refractivity contribution is 0.105. The van der Waals surface area contributed by atoms with Crippen LogP contribution < -0.4 is 0 Å². The maximum absolute atomic E-state index is 9.81. The number of hydrogen-bond acceptors (Lipinski definition) is 3. The number of aliphatic hydroxyl groups excluding tert-OH is 1. The van der Waals surface area contributed by atoms with E-state index >= 15 is 0 Å². The van der Waals surface area contributed by atoms with Gasteiger partial charge in [0, 0.05) is 24.7 Å². The van der Waals surface area contributed by atoms with E-state index in [9.17, 15) is 5.11 Å². The Morgan fingerprint density at radius 3 is 2.50 bits per heavy atom. The second-order valence-electron chi connectivity index (χ2n) is 3.88. The molecule has 14 heavy (non-hydrogen) atoms. The Labute approximate surface area is 92.4 Å². The number of thioether (sulfide) groups is 1. The molecule has 3 unspecified atom stereocenters. The van der Waals surface area contributed by atoms with Gasteiger partial charge >= 0.3 is 0 Å². The average molecular weight is 220 g/mol. The highest BCUT2D eigenvalue weighted by atomic mass is 32.2. The summed E-state index contributed by atoms with van der Waals surface area (Å²) in [5, 5.41) is 10.5. The lowest BCUT2D eigenvalue weighted by atomic mass is 10.0. The van der Waals surface area contributed by atoms with E-state index < -0.39 is 0 Å². The molecule has 0 heterocycles. The number of ether oxygens (including phenoxy) is 1. The maximum atomic E-state index is 9.81. The summed E-state index contributed by atoms with van der Waals surface area (Å²) < 4.78 is 4.99. The minimum Gasteiger partial charge on any atom is -0.392 e. The van der Waals surface area contributed by atoms with Gasteiger partial charge in [-0.15, -0.1) is 0 Å². The minimum absolute atomic E-state index is 0.191. The largest absolute Gasteiger partial charge is 0.392 e. The monoisotopic (exact) mass is 220 g/mol. The van der Waals surface area contributed by atoms with Crippen molar-refractivity contribution in [2.24, 2.45) is 5.92 Å². The molecule has 0 aliphatic carbocycles. The molecular weight excluding hydrogens is 196 g/mol. The van der Waals surface area contributed by atoms with Crippen molar-refractivity contribution in [2.45, 2.75) is 45.0 Å². The topological polar surface area (TPSA) is 29.5 Å². The van der Waals surface area contributed by atoms with Crippen LogP contribution >= 0.6 is 11.8 Å². The summed E-state index contributed by atoms with van der Waals surface area (Å²) in [4.78, 5) is 0. The molecule has 3 atom stereocenters. The number of methoxy groups -OCH3 is 1. The third-order valence-electron chi connectivity index (χ3n) is 2.56. The summed E-state index contributed by atoms with van der Waals surface area (Å²) in [6, 6.07) is 0. The molecule has 1 N–H and O–H groups in total. The molecule has 0 saturated heterocycles. The molecule has 0 aliphatic heterocycles. The third-order valence-corrected chi connectivity index (χ3v) is 4.00. The highest BCUT2D eigenvalue weighted by Gasteiger charge is 2.14. The van der Waals surface area contributed by atoms with Gasteiger partial charge in [0.1, 0.15) is 0 Å². The molecule has 0 amide bonds. The van der Waals surface area contributed by atoms with Crippen LogP contribution in [0.4, 0.5) is 0 Å². The van der Waals surface area contributed by atoms with Crippen LogP contribution in [-0.2, 0) is 4.74 Å². The van der Waals surface area contributed by atoms with E-state index in [1.54, 1.807) is 7.11 Å². The minimum atomic E-state index is -0.191. The molecule has 0 aromatic rings. The maximum Gasteiger partial charge on any atom is 0.0657 e. The molecule has 86 valence electrons. The molecule has 2 nitrogen and oxygen atoms in total. The van der Waals surface area contributed by atoms with Crippen LogP contribution in [-0.4, -0.2) is 35.9 Å². The zero-order valence-corrected chi connectivity index (χ0v) is 10.6. The molecule has 0 radical (unpaired) electrons. The van der Waals surface area contributed by atoms with Gasteiger partial charge in [0.2, 0.25) is 0 Å². The molecular formula is C11H24O2S. The van der Waals surface area contributed by atoms with Crippen molar-refractivity contribution in [1.82, 2.24) is 0 Å². The summed E-state index contributed by atoms with van der Waals surface area (Å²) in [6.07, 6.45) is 1.92. The molecule has 0 spiro atoms. The molecule has 0 saturated carbocycles. The SMILES string of the molecule is CCC(C)SCC(O)C(C)CCOC. The van der Waals surface area contributed by atoms with E-state index in [0.717, 1.165) is 18.8 Å². The van der Waals surface area contributed by atoms with E-state index in [1.807, 2.05) is 11.8 Å². The van der Waals surface area contributed by atoms with Gasteiger partial charge in [-0.25, -0.2) is 0 Å².